The minimum atomic E-state index is -0.815. The van der Waals surface area contributed by atoms with E-state index in [2.05, 4.69) is 13.0 Å². The van der Waals surface area contributed by atoms with Gasteiger partial charge in [-0.1, -0.05) is 20.3 Å². The first-order valence-corrected chi connectivity index (χ1v) is 6.45. The quantitative estimate of drug-likeness (QED) is 0.699. The molecule has 4 heteroatoms. The van der Waals surface area contributed by atoms with Crippen LogP contribution in [0.15, 0.2) is 0 Å². The van der Waals surface area contributed by atoms with Crippen molar-refractivity contribution in [1.82, 2.24) is 4.31 Å². The fourth-order valence-corrected chi connectivity index (χ4v) is 3.29. The van der Waals surface area contributed by atoms with E-state index in [1.54, 1.807) is 0 Å². The van der Waals surface area contributed by atoms with Gasteiger partial charge in [-0.25, -0.2) is 8.51 Å². The molecule has 14 heavy (non-hydrogen) atoms. The van der Waals surface area contributed by atoms with E-state index in [-0.39, 0.29) is 5.41 Å². The van der Waals surface area contributed by atoms with Crippen LogP contribution in [0.2, 0.25) is 0 Å². The number of nitrogens with zero attached hydrogens (tertiary/aromatic N) is 2. The Morgan fingerprint density at radius 2 is 2.14 bits per heavy atom. The van der Waals surface area contributed by atoms with E-state index >= 15 is 0 Å². The van der Waals surface area contributed by atoms with E-state index < -0.39 is 11.0 Å². The summed E-state index contributed by atoms with van der Waals surface area (Å²) in [6.45, 7) is 5.75. The Balaban J connectivity index is 2.47. The number of rotatable bonds is 5. The molecule has 1 heterocycles. The summed E-state index contributed by atoms with van der Waals surface area (Å²) in [4.78, 5) is 0. The second kappa shape index (κ2) is 4.90. The predicted octanol–water partition coefficient (Wildman–Crippen LogP) is 1.69. The van der Waals surface area contributed by atoms with Gasteiger partial charge in [-0.05, 0) is 6.42 Å². The average molecular weight is 214 g/mol. The van der Waals surface area contributed by atoms with Gasteiger partial charge in [0.1, 0.15) is 0 Å². The SMILES string of the molecule is CCCC1(CC#N)CN(S(=O)CC)C1. The van der Waals surface area contributed by atoms with Crippen molar-refractivity contribution in [2.75, 3.05) is 18.8 Å². The zero-order valence-corrected chi connectivity index (χ0v) is 9.77. The van der Waals surface area contributed by atoms with Crippen LogP contribution < -0.4 is 0 Å². The topological polar surface area (TPSA) is 44.1 Å². The zero-order valence-electron chi connectivity index (χ0n) is 8.95. The Morgan fingerprint density at radius 3 is 2.57 bits per heavy atom. The first-order chi connectivity index (χ1) is 6.67. The lowest BCUT2D eigenvalue weighted by molar-refractivity contribution is 0.0691. The molecule has 0 saturated carbocycles. The van der Waals surface area contributed by atoms with Crippen molar-refractivity contribution >= 4 is 11.0 Å². The highest BCUT2D eigenvalue weighted by Crippen LogP contribution is 2.38. The van der Waals surface area contributed by atoms with E-state index in [9.17, 15) is 4.21 Å². The molecule has 0 aromatic carbocycles. The Hall–Kier alpha value is -0.400. The highest BCUT2D eigenvalue weighted by atomic mass is 32.2. The molecule has 0 N–H and O–H groups in total. The first kappa shape index (κ1) is 11.7. The van der Waals surface area contributed by atoms with Crippen molar-refractivity contribution in [3.63, 3.8) is 0 Å². The lowest BCUT2D eigenvalue weighted by Crippen LogP contribution is -2.56. The molecule has 0 spiro atoms. The summed E-state index contributed by atoms with van der Waals surface area (Å²) in [6.07, 6.45) is 2.80. The molecule has 1 aliphatic rings. The first-order valence-electron chi connectivity index (χ1n) is 5.18. The van der Waals surface area contributed by atoms with E-state index in [4.69, 9.17) is 5.26 Å². The molecule has 1 saturated heterocycles. The van der Waals surface area contributed by atoms with Crippen LogP contribution in [0, 0.1) is 16.7 Å². The number of nitriles is 1. The van der Waals surface area contributed by atoms with Gasteiger partial charge in [0.15, 0.2) is 0 Å². The third-order valence-electron chi connectivity index (χ3n) is 2.79. The van der Waals surface area contributed by atoms with Gasteiger partial charge >= 0.3 is 0 Å². The fourth-order valence-electron chi connectivity index (χ4n) is 2.08. The second-order valence-electron chi connectivity index (χ2n) is 3.99. The van der Waals surface area contributed by atoms with Crippen LogP contribution >= 0.6 is 0 Å². The maximum absolute atomic E-state index is 11.4. The minimum Gasteiger partial charge on any atom is -0.243 e. The fraction of sp³-hybridized carbons (Fsp3) is 0.900. The van der Waals surface area contributed by atoms with Crippen molar-refractivity contribution in [3.05, 3.63) is 0 Å². The van der Waals surface area contributed by atoms with Gasteiger partial charge in [0.2, 0.25) is 0 Å². The molecule has 0 aromatic rings. The van der Waals surface area contributed by atoms with Crippen LogP contribution in [0.25, 0.3) is 0 Å². The van der Waals surface area contributed by atoms with Crippen LogP contribution in [0.5, 0.6) is 0 Å². The standard InChI is InChI=1S/C10H18N2OS/c1-3-5-10(6-7-11)8-12(9-10)14(13)4-2/h3-6,8-9H2,1-2H3. The van der Waals surface area contributed by atoms with E-state index in [1.807, 2.05) is 11.2 Å². The Bertz CT molecular complexity index is 253. The van der Waals surface area contributed by atoms with E-state index in [0.29, 0.717) is 12.2 Å². The Morgan fingerprint density at radius 1 is 1.50 bits per heavy atom. The van der Waals surface area contributed by atoms with Gasteiger partial charge in [-0.15, -0.1) is 0 Å². The average Bonchev–Trinajstić information content (AvgIpc) is 2.12. The summed E-state index contributed by atoms with van der Waals surface area (Å²) in [5, 5.41) is 8.73. The van der Waals surface area contributed by atoms with Crippen LogP contribution in [0.1, 0.15) is 33.1 Å². The minimum absolute atomic E-state index is 0.147. The third-order valence-corrected chi connectivity index (χ3v) is 4.12. The molecule has 1 unspecified atom stereocenters. The van der Waals surface area contributed by atoms with Crippen LogP contribution in [0.3, 0.4) is 0 Å². The zero-order chi connectivity index (χ0) is 10.6. The molecule has 0 bridgehead atoms. The number of hydrogen-bond acceptors (Lipinski definition) is 2. The molecule has 80 valence electrons. The van der Waals surface area contributed by atoms with Gasteiger partial charge in [0, 0.05) is 30.7 Å². The lowest BCUT2D eigenvalue weighted by Gasteiger charge is -2.48. The summed E-state index contributed by atoms with van der Waals surface area (Å²) in [7, 11) is -0.815. The molecule has 0 radical (unpaired) electrons. The summed E-state index contributed by atoms with van der Waals surface area (Å²) in [5.41, 5.74) is 0.147. The lowest BCUT2D eigenvalue weighted by atomic mass is 9.75. The summed E-state index contributed by atoms with van der Waals surface area (Å²) >= 11 is 0. The van der Waals surface area contributed by atoms with Crippen molar-refractivity contribution in [1.29, 1.82) is 5.26 Å². The maximum Gasteiger partial charge on any atom is 0.0940 e. The third kappa shape index (κ3) is 2.34. The van der Waals surface area contributed by atoms with Gasteiger partial charge in [0.05, 0.1) is 17.1 Å². The van der Waals surface area contributed by atoms with E-state index in [1.165, 1.54) is 0 Å². The van der Waals surface area contributed by atoms with Crippen molar-refractivity contribution in [2.24, 2.45) is 5.41 Å². The van der Waals surface area contributed by atoms with Crippen LogP contribution in [-0.4, -0.2) is 27.4 Å². The normalized spacial score (nSPS) is 22.4. The van der Waals surface area contributed by atoms with Gasteiger partial charge in [0.25, 0.3) is 0 Å². The molecule has 1 fully saturated rings. The molecule has 0 amide bonds. The molecular weight excluding hydrogens is 196 g/mol. The smallest absolute Gasteiger partial charge is 0.0940 e. The highest BCUT2D eigenvalue weighted by Gasteiger charge is 2.43. The van der Waals surface area contributed by atoms with E-state index in [0.717, 1.165) is 25.9 Å². The largest absolute Gasteiger partial charge is 0.243 e. The molecule has 1 atom stereocenters. The summed E-state index contributed by atoms with van der Waals surface area (Å²) in [5.74, 6) is 0.689. The van der Waals surface area contributed by atoms with Crippen molar-refractivity contribution < 1.29 is 4.21 Å². The monoisotopic (exact) mass is 214 g/mol. The molecule has 1 aliphatic heterocycles. The summed E-state index contributed by atoms with van der Waals surface area (Å²) < 4.78 is 13.4. The van der Waals surface area contributed by atoms with Crippen LogP contribution in [0.4, 0.5) is 0 Å². The predicted molar refractivity (Wildman–Crippen MR) is 57.8 cm³/mol. The molecular formula is C10H18N2OS. The van der Waals surface area contributed by atoms with Crippen molar-refractivity contribution in [2.45, 2.75) is 33.1 Å². The molecule has 0 aromatic heterocycles. The Kier molecular flexibility index (Phi) is 4.09. The Labute approximate surface area is 88.7 Å². The number of hydrogen-bond donors (Lipinski definition) is 0. The maximum atomic E-state index is 11.4. The molecule has 3 nitrogen and oxygen atoms in total. The molecule has 1 rings (SSSR count). The summed E-state index contributed by atoms with van der Waals surface area (Å²) in [6, 6.07) is 2.25. The second-order valence-corrected chi connectivity index (χ2v) is 5.73. The molecule has 0 aliphatic carbocycles. The van der Waals surface area contributed by atoms with Gasteiger partial charge < -0.3 is 0 Å². The van der Waals surface area contributed by atoms with Crippen molar-refractivity contribution in [3.8, 4) is 6.07 Å². The van der Waals surface area contributed by atoms with Crippen LogP contribution in [-0.2, 0) is 11.0 Å². The van der Waals surface area contributed by atoms with Gasteiger partial charge in [-0.3, -0.25) is 0 Å². The highest BCUT2D eigenvalue weighted by molar-refractivity contribution is 7.82. The van der Waals surface area contributed by atoms with Gasteiger partial charge in [-0.2, -0.15) is 5.26 Å².